The highest BCUT2D eigenvalue weighted by Gasteiger charge is 2.54. The molecule has 0 aromatic carbocycles. The summed E-state index contributed by atoms with van der Waals surface area (Å²) in [7, 11) is 4.32. The van der Waals surface area contributed by atoms with Crippen LogP contribution in [-0.2, 0) is 16.6 Å². The minimum absolute atomic E-state index is 0.0263. The number of carbonyl (C=O) groups is 2. The fourth-order valence-corrected chi connectivity index (χ4v) is 4.07. The number of aromatic nitrogens is 2. The second-order valence-corrected chi connectivity index (χ2v) is 7.28. The molecule has 0 radical (unpaired) electrons. The minimum atomic E-state index is -1.09. The second kappa shape index (κ2) is 4.87. The van der Waals surface area contributed by atoms with E-state index in [1.165, 1.54) is 6.08 Å². The lowest BCUT2D eigenvalue weighted by atomic mass is 9.66. The van der Waals surface area contributed by atoms with Gasteiger partial charge in [-0.2, -0.15) is 10.4 Å². The Balaban J connectivity index is 2.16. The summed E-state index contributed by atoms with van der Waals surface area (Å²) in [6.45, 7) is 3.87. The predicted molar refractivity (Wildman–Crippen MR) is 88.6 cm³/mol. The van der Waals surface area contributed by atoms with E-state index in [1.807, 2.05) is 12.1 Å². The number of rotatable bonds is 1. The summed E-state index contributed by atoms with van der Waals surface area (Å²) in [5, 5.41) is 12.5. The molecule has 1 unspecified atom stereocenters. The SMILES string of the molecule is Cn1ccc(N2CC=C3C(C)(C)C(=O)C(C#N)=C[C@@]3(P)C2=O)n1. The molecule has 2 aliphatic rings. The quantitative estimate of drug-likeness (QED) is 0.576. The largest absolute Gasteiger partial charge is 0.292 e. The monoisotopic (exact) mass is 328 g/mol. The first-order valence-corrected chi connectivity index (χ1v) is 7.79. The molecule has 0 saturated carbocycles. The highest BCUT2D eigenvalue weighted by Crippen LogP contribution is 2.50. The van der Waals surface area contributed by atoms with Crippen molar-refractivity contribution in [1.29, 1.82) is 5.26 Å². The fourth-order valence-electron chi connectivity index (χ4n) is 3.26. The molecule has 118 valence electrons. The van der Waals surface area contributed by atoms with Crippen LogP contribution < -0.4 is 4.90 Å². The van der Waals surface area contributed by atoms with Crippen LogP contribution in [0, 0.1) is 16.7 Å². The molecule has 23 heavy (non-hydrogen) atoms. The number of fused-ring (bicyclic) bond motifs is 1. The van der Waals surface area contributed by atoms with Gasteiger partial charge in [0.15, 0.2) is 11.6 Å². The van der Waals surface area contributed by atoms with E-state index in [4.69, 9.17) is 0 Å². The van der Waals surface area contributed by atoms with Crippen LogP contribution in [0.3, 0.4) is 0 Å². The van der Waals surface area contributed by atoms with Gasteiger partial charge >= 0.3 is 0 Å². The number of aryl methyl sites for hydroxylation is 1. The molecule has 6 nitrogen and oxygen atoms in total. The van der Waals surface area contributed by atoms with Gasteiger partial charge in [-0.25, -0.2) is 0 Å². The van der Waals surface area contributed by atoms with Crippen molar-refractivity contribution in [2.45, 2.75) is 19.0 Å². The molecule has 0 N–H and O–H groups in total. The zero-order valence-corrected chi connectivity index (χ0v) is 14.4. The summed E-state index contributed by atoms with van der Waals surface area (Å²) in [6, 6.07) is 3.69. The zero-order chi connectivity index (χ0) is 17.0. The molecule has 1 aliphatic heterocycles. The van der Waals surface area contributed by atoms with Crippen LogP contribution >= 0.6 is 9.24 Å². The second-order valence-electron chi connectivity index (χ2n) is 6.37. The van der Waals surface area contributed by atoms with E-state index in [0.29, 0.717) is 12.4 Å². The lowest BCUT2D eigenvalue weighted by Gasteiger charge is -2.45. The van der Waals surface area contributed by atoms with E-state index in [1.54, 1.807) is 42.7 Å². The topological polar surface area (TPSA) is 79.0 Å². The summed E-state index contributed by atoms with van der Waals surface area (Å²) in [6.07, 6.45) is 5.13. The fraction of sp³-hybridized carbons (Fsp3) is 0.375. The molecule has 1 aromatic heterocycles. The summed E-state index contributed by atoms with van der Waals surface area (Å²) >= 11 is 0. The van der Waals surface area contributed by atoms with Crippen molar-refractivity contribution < 1.29 is 9.59 Å². The van der Waals surface area contributed by atoms with Gasteiger partial charge in [0.2, 0.25) is 5.91 Å². The average molecular weight is 328 g/mol. The molecule has 0 spiro atoms. The highest BCUT2D eigenvalue weighted by molar-refractivity contribution is 7.22. The average Bonchev–Trinajstić information content (AvgIpc) is 2.92. The Labute approximate surface area is 136 Å². The zero-order valence-electron chi connectivity index (χ0n) is 13.2. The molecule has 0 fully saturated rings. The third-order valence-electron chi connectivity index (χ3n) is 4.48. The number of ketones is 1. The Morgan fingerprint density at radius 3 is 2.65 bits per heavy atom. The van der Waals surface area contributed by atoms with Crippen LogP contribution in [0.2, 0.25) is 0 Å². The number of hydrogen-bond acceptors (Lipinski definition) is 4. The van der Waals surface area contributed by atoms with Gasteiger partial charge in [-0.3, -0.25) is 19.2 Å². The van der Waals surface area contributed by atoms with Crippen LogP contribution in [0.1, 0.15) is 13.8 Å². The van der Waals surface area contributed by atoms with Crippen molar-refractivity contribution in [2.24, 2.45) is 12.5 Å². The summed E-state index contributed by atoms with van der Waals surface area (Å²) in [4.78, 5) is 27.1. The Kier molecular flexibility index (Phi) is 3.31. The van der Waals surface area contributed by atoms with Crippen molar-refractivity contribution in [1.82, 2.24) is 9.78 Å². The Morgan fingerprint density at radius 2 is 2.09 bits per heavy atom. The number of nitriles is 1. The third kappa shape index (κ3) is 2.08. The molecule has 1 aliphatic carbocycles. The first-order valence-electron chi connectivity index (χ1n) is 7.21. The third-order valence-corrected chi connectivity index (χ3v) is 5.20. The molecular formula is C16H17N4O2P. The van der Waals surface area contributed by atoms with Crippen LogP contribution in [0.5, 0.6) is 0 Å². The number of hydrogen-bond donors (Lipinski definition) is 0. The lowest BCUT2D eigenvalue weighted by molar-refractivity contribution is -0.123. The maximum absolute atomic E-state index is 13.1. The van der Waals surface area contributed by atoms with Crippen LogP contribution in [0.4, 0.5) is 5.82 Å². The molecule has 0 bridgehead atoms. The lowest BCUT2D eigenvalue weighted by Crippen LogP contribution is -2.55. The van der Waals surface area contributed by atoms with Crippen LogP contribution in [0.15, 0.2) is 35.6 Å². The molecule has 3 rings (SSSR count). The van der Waals surface area contributed by atoms with E-state index >= 15 is 0 Å². The van der Waals surface area contributed by atoms with Crippen molar-refractivity contribution in [3.8, 4) is 6.07 Å². The Morgan fingerprint density at radius 1 is 1.39 bits per heavy atom. The molecule has 7 heteroatoms. The number of amides is 1. The van der Waals surface area contributed by atoms with Crippen molar-refractivity contribution >= 4 is 26.7 Å². The van der Waals surface area contributed by atoms with Gasteiger partial charge < -0.3 is 0 Å². The van der Waals surface area contributed by atoms with E-state index < -0.39 is 10.6 Å². The van der Waals surface area contributed by atoms with Gasteiger partial charge in [-0.1, -0.05) is 6.08 Å². The molecule has 1 amide bonds. The maximum atomic E-state index is 13.1. The van der Waals surface area contributed by atoms with Crippen molar-refractivity contribution in [2.75, 3.05) is 11.4 Å². The van der Waals surface area contributed by atoms with E-state index in [0.717, 1.165) is 5.57 Å². The standard InChI is InChI=1S/C16H17N4O2P/c1-15(2)11-4-7-20(12-5-6-19(3)18-12)14(22)16(11,23)8-10(9-17)13(15)21/h4-6,8H,7,23H2,1-3H3/t16-/m0/s1. The Bertz CT molecular complexity index is 827. The molecule has 1 aromatic rings. The van der Waals surface area contributed by atoms with Crippen molar-refractivity contribution in [3.63, 3.8) is 0 Å². The van der Waals surface area contributed by atoms with Gasteiger partial charge in [-0.05, 0) is 25.5 Å². The van der Waals surface area contributed by atoms with E-state index in [9.17, 15) is 14.9 Å². The number of allylic oxidation sites excluding steroid dienone is 1. The van der Waals surface area contributed by atoms with Gasteiger partial charge in [0.25, 0.3) is 0 Å². The normalized spacial score (nSPS) is 26.3. The minimum Gasteiger partial charge on any atom is -0.292 e. The number of Topliss-reactive ketones (excluding diaryl/α,β-unsaturated/α-hetero) is 1. The van der Waals surface area contributed by atoms with Gasteiger partial charge in [0.05, 0.1) is 11.0 Å². The molecule has 2 atom stereocenters. The van der Waals surface area contributed by atoms with Crippen molar-refractivity contribution in [3.05, 3.63) is 35.6 Å². The van der Waals surface area contributed by atoms with Crippen LogP contribution in [-0.4, -0.2) is 33.2 Å². The molecule has 0 saturated heterocycles. The summed E-state index contributed by atoms with van der Waals surface area (Å²) < 4.78 is 1.63. The molecule has 2 heterocycles. The number of nitrogens with zero attached hydrogens (tertiary/aromatic N) is 4. The van der Waals surface area contributed by atoms with E-state index in [2.05, 4.69) is 14.3 Å². The van der Waals surface area contributed by atoms with E-state index in [-0.39, 0.29) is 17.3 Å². The first kappa shape index (κ1) is 15.6. The van der Waals surface area contributed by atoms with Gasteiger partial charge in [-0.15, -0.1) is 9.24 Å². The van der Waals surface area contributed by atoms with Gasteiger partial charge in [0, 0.05) is 25.9 Å². The highest BCUT2D eigenvalue weighted by atomic mass is 31.0. The van der Waals surface area contributed by atoms with Crippen LogP contribution in [0.25, 0.3) is 0 Å². The molecular weight excluding hydrogens is 311 g/mol. The first-order chi connectivity index (χ1) is 10.7. The summed E-state index contributed by atoms with van der Waals surface area (Å²) in [5.74, 6) is 0.103. The number of carbonyl (C=O) groups excluding carboxylic acids is 2. The maximum Gasteiger partial charge on any atom is 0.246 e. The Hall–Kier alpha value is -2.25. The predicted octanol–water partition coefficient (Wildman–Crippen LogP) is 1.37. The number of anilines is 1. The van der Waals surface area contributed by atoms with Gasteiger partial charge in [0.1, 0.15) is 11.2 Å². The smallest absolute Gasteiger partial charge is 0.246 e. The summed E-state index contributed by atoms with van der Waals surface area (Å²) in [5.41, 5.74) is -0.137.